The van der Waals surface area contributed by atoms with Crippen molar-refractivity contribution in [2.24, 2.45) is 11.3 Å². The predicted molar refractivity (Wildman–Crippen MR) is 102 cm³/mol. The Morgan fingerprint density at radius 1 is 1.36 bits per heavy atom. The molecule has 1 aromatic carbocycles. The Morgan fingerprint density at radius 3 is 2.84 bits per heavy atom. The SMILES string of the molecule is CCOC(=O)CN1CCC2(CC1)CC2CCOc1cccc(Br)c1C. The van der Waals surface area contributed by atoms with Crippen molar-refractivity contribution in [3.63, 3.8) is 0 Å². The van der Waals surface area contributed by atoms with E-state index in [4.69, 9.17) is 9.47 Å². The van der Waals surface area contributed by atoms with Crippen molar-refractivity contribution in [1.29, 1.82) is 0 Å². The maximum absolute atomic E-state index is 11.6. The molecule has 2 aliphatic rings. The second kappa shape index (κ2) is 8.09. The van der Waals surface area contributed by atoms with E-state index in [1.54, 1.807) is 0 Å². The fourth-order valence-electron chi connectivity index (χ4n) is 4.05. The van der Waals surface area contributed by atoms with Crippen LogP contribution in [-0.4, -0.2) is 43.7 Å². The van der Waals surface area contributed by atoms with Gasteiger partial charge in [-0.05, 0) is 76.1 Å². The van der Waals surface area contributed by atoms with E-state index in [-0.39, 0.29) is 5.97 Å². The third kappa shape index (κ3) is 4.56. The lowest BCUT2D eigenvalue weighted by Gasteiger charge is -2.32. The van der Waals surface area contributed by atoms with E-state index in [1.807, 2.05) is 25.1 Å². The lowest BCUT2D eigenvalue weighted by molar-refractivity contribution is -0.144. The molecule has 2 fully saturated rings. The predicted octanol–water partition coefficient (Wildman–Crippen LogP) is 4.19. The summed E-state index contributed by atoms with van der Waals surface area (Å²) in [5.74, 6) is 1.67. The summed E-state index contributed by atoms with van der Waals surface area (Å²) in [6.07, 6.45) is 4.85. The van der Waals surface area contributed by atoms with Crippen molar-refractivity contribution < 1.29 is 14.3 Å². The molecule has 1 spiro atoms. The maximum atomic E-state index is 11.6. The van der Waals surface area contributed by atoms with Gasteiger partial charge in [-0.1, -0.05) is 22.0 Å². The number of carbonyl (C=O) groups excluding carboxylic acids is 1. The van der Waals surface area contributed by atoms with E-state index in [0.29, 0.717) is 18.6 Å². The summed E-state index contributed by atoms with van der Waals surface area (Å²) >= 11 is 3.55. The maximum Gasteiger partial charge on any atom is 0.320 e. The van der Waals surface area contributed by atoms with Gasteiger partial charge in [0.05, 0.1) is 19.8 Å². The first-order valence-electron chi connectivity index (χ1n) is 9.30. The van der Waals surface area contributed by atoms with Crippen molar-refractivity contribution in [2.75, 3.05) is 32.8 Å². The zero-order valence-corrected chi connectivity index (χ0v) is 16.8. The van der Waals surface area contributed by atoms with E-state index >= 15 is 0 Å². The number of carbonyl (C=O) groups is 1. The number of piperidine rings is 1. The second-order valence-electron chi connectivity index (χ2n) is 7.34. The number of rotatable bonds is 7. The quantitative estimate of drug-likeness (QED) is 0.632. The molecule has 0 aromatic heterocycles. The van der Waals surface area contributed by atoms with Gasteiger partial charge in [-0.15, -0.1) is 0 Å². The third-order valence-electron chi connectivity index (χ3n) is 5.81. The first-order chi connectivity index (χ1) is 12.0. The molecule has 1 aromatic rings. The first kappa shape index (κ1) is 18.7. The molecule has 1 heterocycles. The van der Waals surface area contributed by atoms with Crippen molar-refractivity contribution in [3.05, 3.63) is 28.2 Å². The molecule has 0 amide bonds. The van der Waals surface area contributed by atoms with Gasteiger partial charge in [-0.2, -0.15) is 0 Å². The summed E-state index contributed by atoms with van der Waals surface area (Å²) in [5, 5.41) is 0. The number of halogens is 1. The largest absolute Gasteiger partial charge is 0.493 e. The molecule has 4 nitrogen and oxygen atoms in total. The molecule has 0 N–H and O–H groups in total. The van der Waals surface area contributed by atoms with Crippen molar-refractivity contribution >= 4 is 21.9 Å². The van der Waals surface area contributed by atoms with Crippen LogP contribution in [0.25, 0.3) is 0 Å². The van der Waals surface area contributed by atoms with Crippen LogP contribution in [-0.2, 0) is 9.53 Å². The molecule has 3 rings (SSSR count). The van der Waals surface area contributed by atoms with Gasteiger partial charge < -0.3 is 9.47 Å². The highest BCUT2D eigenvalue weighted by Crippen LogP contribution is 2.60. The van der Waals surface area contributed by atoms with Gasteiger partial charge in [0.1, 0.15) is 5.75 Å². The molecule has 138 valence electrons. The number of nitrogens with zero attached hydrogens (tertiary/aromatic N) is 1. The Hall–Kier alpha value is -1.07. The van der Waals surface area contributed by atoms with Gasteiger partial charge in [0.25, 0.3) is 0 Å². The van der Waals surface area contributed by atoms with Gasteiger partial charge in [-0.25, -0.2) is 0 Å². The zero-order valence-electron chi connectivity index (χ0n) is 15.2. The van der Waals surface area contributed by atoms with E-state index < -0.39 is 0 Å². The Morgan fingerprint density at radius 2 is 2.12 bits per heavy atom. The van der Waals surface area contributed by atoms with Gasteiger partial charge in [0, 0.05) is 10.0 Å². The molecular weight excluding hydrogens is 382 g/mol. The van der Waals surface area contributed by atoms with Crippen molar-refractivity contribution in [3.8, 4) is 5.75 Å². The Balaban J connectivity index is 1.39. The van der Waals surface area contributed by atoms with Crippen LogP contribution in [0.4, 0.5) is 0 Å². The molecular formula is C20H28BrNO3. The highest BCUT2D eigenvalue weighted by Gasteiger charge is 2.54. The van der Waals surface area contributed by atoms with Crippen LogP contribution < -0.4 is 4.74 Å². The smallest absolute Gasteiger partial charge is 0.320 e. The molecule has 1 saturated heterocycles. The topological polar surface area (TPSA) is 38.8 Å². The lowest BCUT2D eigenvalue weighted by Crippen LogP contribution is -2.39. The zero-order chi connectivity index (χ0) is 17.9. The first-order valence-corrected chi connectivity index (χ1v) is 10.1. The van der Waals surface area contributed by atoms with Gasteiger partial charge >= 0.3 is 5.97 Å². The fourth-order valence-corrected chi connectivity index (χ4v) is 4.40. The number of benzene rings is 1. The highest BCUT2D eigenvalue weighted by molar-refractivity contribution is 9.10. The van der Waals surface area contributed by atoms with E-state index in [2.05, 4.69) is 27.8 Å². The molecule has 1 aliphatic heterocycles. The summed E-state index contributed by atoms with van der Waals surface area (Å²) in [4.78, 5) is 13.8. The Bertz CT molecular complexity index is 611. The molecule has 1 saturated carbocycles. The summed E-state index contributed by atoms with van der Waals surface area (Å²) in [5.41, 5.74) is 1.68. The molecule has 1 atom stereocenters. The third-order valence-corrected chi connectivity index (χ3v) is 6.67. The minimum Gasteiger partial charge on any atom is -0.493 e. The van der Waals surface area contributed by atoms with Crippen LogP contribution in [0.2, 0.25) is 0 Å². The van der Waals surface area contributed by atoms with Crippen LogP contribution >= 0.6 is 15.9 Å². The molecule has 1 aliphatic carbocycles. The van der Waals surface area contributed by atoms with Crippen LogP contribution in [0.1, 0.15) is 38.2 Å². The number of ether oxygens (including phenoxy) is 2. The van der Waals surface area contributed by atoms with E-state index in [9.17, 15) is 4.79 Å². The van der Waals surface area contributed by atoms with Gasteiger partial charge in [0.15, 0.2) is 0 Å². The van der Waals surface area contributed by atoms with Crippen LogP contribution in [0.15, 0.2) is 22.7 Å². The normalized spacial score (nSPS) is 22.0. The van der Waals surface area contributed by atoms with Gasteiger partial charge in [0.2, 0.25) is 0 Å². The summed E-state index contributed by atoms with van der Waals surface area (Å²) in [6.45, 7) is 7.67. The summed E-state index contributed by atoms with van der Waals surface area (Å²) in [7, 11) is 0. The van der Waals surface area contributed by atoms with E-state index in [0.717, 1.165) is 42.3 Å². The van der Waals surface area contributed by atoms with E-state index in [1.165, 1.54) is 24.8 Å². The Labute approximate surface area is 159 Å². The Kier molecular flexibility index (Phi) is 6.05. The number of hydrogen-bond acceptors (Lipinski definition) is 4. The molecule has 0 bridgehead atoms. The molecule has 1 unspecified atom stereocenters. The van der Waals surface area contributed by atoms with Crippen molar-refractivity contribution in [2.45, 2.75) is 39.5 Å². The lowest BCUT2D eigenvalue weighted by atomic mass is 9.90. The average Bonchev–Trinajstić information content (AvgIpc) is 3.26. The monoisotopic (exact) mass is 409 g/mol. The fraction of sp³-hybridized carbons (Fsp3) is 0.650. The molecule has 0 radical (unpaired) electrons. The van der Waals surface area contributed by atoms with Crippen LogP contribution in [0.3, 0.4) is 0 Å². The number of likely N-dealkylation sites (tertiary alicyclic amines) is 1. The second-order valence-corrected chi connectivity index (χ2v) is 8.20. The number of esters is 1. The summed E-state index contributed by atoms with van der Waals surface area (Å²) in [6, 6.07) is 6.10. The average molecular weight is 410 g/mol. The van der Waals surface area contributed by atoms with Crippen molar-refractivity contribution in [1.82, 2.24) is 4.90 Å². The minimum absolute atomic E-state index is 0.0939. The van der Waals surface area contributed by atoms with Crippen LogP contribution in [0.5, 0.6) is 5.75 Å². The minimum atomic E-state index is -0.0939. The summed E-state index contributed by atoms with van der Waals surface area (Å²) < 4.78 is 12.1. The van der Waals surface area contributed by atoms with Crippen LogP contribution in [0, 0.1) is 18.3 Å². The number of hydrogen-bond donors (Lipinski definition) is 0. The standard InChI is InChI=1S/C20H28BrNO3/c1-3-24-19(23)14-22-10-8-20(9-11-22)13-16(20)7-12-25-18-6-4-5-17(21)15(18)2/h4-6,16H,3,7-14H2,1-2H3. The van der Waals surface area contributed by atoms with Gasteiger partial charge in [-0.3, -0.25) is 9.69 Å². The molecule has 5 heteroatoms. The molecule has 25 heavy (non-hydrogen) atoms. The highest BCUT2D eigenvalue weighted by atomic mass is 79.9.